The minimum absolute atomic E-state index is 0.0871. The predicted octanol–water partition coefficient (Wildman–Crippen LogP) is 3.55. The normalized spacial score (nSPS) is 12.8. The average Bonchev–Trinajstić information content (AvgIpc) is 3.56. The molecule has 1 aromatic heterocycles. The Balaban J connectivity index is 1.52. The van der Waals surface area contributed by atoms with E-state index in [1.54, 1.807) is 18.2 Å². The van der Waals surface area contributed by atoms with Gasteiger partial charge in [0, 0.05) is 23.6 Å². The van der Waals surface area contributed by atoms with Crippen molar-refractivity contribution in [1.29, 1.82) is 0 Å². The lowest BCUT2D eigenvalue weighted by molar-refractivity contribution is 0.174. The van der Waals surface area contributed by atoms with E-state index in [4.69, 9.17) is 14.2 Å². The van der Waals surface area contributed by atoms with E-state index in [-0.39, 0.29) is 24.8 Å². The fourth-order valence-electron chi connectivity index (χ4n) is 3.69. The number of hydrogen-bond donors (Lipinski definition) is 0. The van der Waals surface area contributed by atoms with E-state index >= 15 is 0 Å². The quantitative estimate of drug-likeness (QED) is 0.323. The van der Waals surface area contributed by atoms with Crippen LogP contribution in [0.2, 0.25) is 0 Å². The van der Waals surface area contributed by atoms with E-state index in [1.165, 1.54) is 34.6 Å². The summed E-state index contributed by atoms with van der Waals surface area (Å²) >= 11 is 3.42. The Hall–Kier alpha value is -3.48. The molecule has 1 aliphatic heterocycles. The standard InChI is InChI=1S/C23H20BrN5O5S/c1-32-22-11-19(7-8-20(22)29-14-25-26-27-29)35(30,31)28(12-16-2-5-18(24)6-3-16)13-17-4-9-21-23(10-17)34-15-33-21/h2-11,14H,12-13,15H2,1H3. The third-order valence-electron chi connectivity index (χ3n) is 5.45. The molecule has 1 aliphatic rings. The van der Waals surface area contributed by atoms with E-state index in [2.05, 4.69) is 31.5 Å². The Kier molecular flexibility index (Phi) is 6.41. The Bertz CT molecular complexity index is 1450. The molecule has 0 fully saturated rings. The van der Waals surface area contributed by atoms with Crippen LogP contribution in [0.15, 0.2) is 76.4 Å². The van der Waals surface area contributed by atoms with Gasteiger partial charge in [-0.1, -0.05) is 34.1 Å². The molecule has 0 aliphatic carbocycles. The summed E-state index contributed by atoms with van der Waals surface area (Å²) in [5.74, 6) is 1.56. The van der Waals surface area contributed by atoms with Gasteiger partial charge >= 0.3 is 0 Å². The summed E-state index contributed by atoms with van der Waals surface area (Å²) < 4.78 is 47.8. The van der Waals surface area contributed by atoms with Gasteiger partial charge in [0.2, 0.25) is 16.8 Å². The van der Waals surface area contributed by atoms with Gasteiger partial charge in [0.25, 0.3) is 0 Å². The van der Waals surface area contributed by atoms with E-state index in [1.807, 2.05) is 30.3 Å². The molecule has 0 atom stereocenters. The molecule has 180 valence electrons. The van der Waals surface area contributed by atoms with Crippen LogP contribution in [-0.4, -0.2) is 46.8 Å². The Morgan fingerprint density at radius 2 is 1.74 bits per heavy atom. The number of halogens is 1. The van der Waals surface area contributed by atoms with Crippen molar-refractivity contribution in [2.24, 2.45) is 0 Å². The lowest BCUT2D eigenvalue weighted by atomic mass is 10.2. The van der Waals surface area contributed by atoms with Crippen LogP contribution in [-0.2, 0) is 23.1 Å². The Morgan fingerprint density at radius 1 is 1.00 bits per heavy atom. The van der Waals surface area contributed by atoms with Gasteiger partial charge in [-0.05, 0) is 58.0 Å². The van der Waals surface area contributed by atoms with E-state index in [0.717, 1.165) is 15.6 Å². The third kappa shape index (κ3) is 4.85. The average molecular weight is 558 g/mol. The molecule has 4 aromatic rings. The van der Waals surface area contributed by atoms with Crippen molar-refractivity contribution in [2.75, 3.05) is 13.9 Å². The molecule has 35 heavy (non-hydrogen) atoms. The first-order chi connectivity index (χ1) is 16.9. The maximum atomic E-state index is 13.9. The maximum absolute atomic E-state index is 13.9. The number of ether oxygens (including phenoxy) is 3. The minimum atomic E-state index is -3.93. The van der Waals surface area contributed by atoms with Crippen LogP contribution in [0.1, 0.15) is 11.1 Å². The summed E-state index contributed by atoms with van der Waals surface area (Å²) in [4.78, 5) is 0.0871. The number of hydrogen-bond acceptors (Lipinski definition) is 8. The second-order valence-electron chi connectivity index (χ2n) is 7.68. The highest BCUT2D eigenvalue weighted by Gasteiger charge is 2.27. The van der Waals surface area contributed by atoms with Crippen molar-refractivity contribution in [3.05, 3.63) is 82.6 Å². The second-order valence-corrected chi connectivity index (χ2v) is 10.5. The summed E-state index contributed by atoms with van der Waals surface area (Å²) in [5.41, 5.74) is 2.13. The van der Waals surface area contributed by atoms with Crippen LogP contribution < -0.4 is 14.2 Å². The lowest BCUT2D eigenvalue weighted by Crippen LogP contribution is -2.30. The van der Waals surface area contributed by atoms with Gasteiger partial charge in [0.1, 0.15) is 17.8 Å². The highest BCUT2D eigenvalue weighted by molar-refractivity contribution is 9.10. The SMILES string of the molecule is COc1cc(S(=O)(=O)N(Cc2ccc(Br)cc2)Cc2ccc3c(c2)OCO3)ccc1-n1cnnn1. The highest BCUT2D eigenvalue weighted by atomic mass is 79.9. The molecule has 2 heterocycles. The maximum Gasteiger partial charge on any atom is 0.243 e. The number of tetrazole rings is 1. The zero-order valence-electron chi connectivity index (χ0n) is 18.5. The molecule has 0 saturated carbocycles. The highest BCUT2D eigenvalue weighted by Crippen LogP contribution is 2.34. The molecule has 0 amide bonds. The first kappa shape index (κ1) is 23.3. The number of benzene rings is 3. The molecular weight excluding hydrogens is 538 g/mol. The fraction of sp³-hybridized carbons (Fsp3) is 0.174. The van der Waals surface area contributed by atoms with Crippen LogP contribution in [0.3, 0.4) is 0 Å². The molecule has 3 aromatic carbocycles. The van der Waals surface area contributed by atoms with Crippen LogP contribution in [0.25, 0.3) is 5.69 Å². The minimum Gasteiger partial charge on any atom is -0.494 e. The summed E-state index contributed by atoms with van der Waals surface area (Å²) in [5, 5.41) is 11.1. The molecule has 10 nitrogen and oxygen atoms in total. The summed E-state index contributed by atoms with van der Waals surface area (Å²) in [6, 6.07) is 17.5. The first-order valence-corrected chi connectivity index (χ1v) is 12.7. The van der Waals surface area contributed by atoms with Gasteiger partial charge in [0.15, 0.2) is 11.5 Å². The zero-order valence-corrected chi connectivity index (χ0v) is 20.9. The van der Waals surface area contributed by atoms with Crippen LogP contribution >= 0.6 is 15.9 Å². The van der Waals surface area contributed by atoms with Gasteiger partial charge in [-0.25, -0.2) is 8.42 Å². The number of aromatic nitrogens is 4. The smallest absolute Gasteiger partial charge is 0.243 e. The van der Waals surface area contributed by atoms with Crippen molar-refractivity contribution in [3.8, 4) is 22.9 Å². The molecule has 12 heteroatoms. The van der Waals surface area contributed by atoms with Gasteiger partial charge < -0.3 is 14.2 Å². The number of nitrogens with zero attached hydrogens (tertiary/aromatic N) is 5. The van der Waals surface area contributed by atoms with Gasteiger partial charge in [-0.3, -0.25) is 0 Å². The van der Waals surface area contributed by atoms with Crippen molar-refractivity contribution in [2.45, 2.75) is 18.0 Å². The Labute approximate surface area is 210 Å². The molecule has 0 saturated heterocycles. The van der Waals surface area contributed by atoms with E-state index < -0.39 is 10.0 Å². The number of methoxy groups -OCH3 is 1. The lowest BCUT2D eigenvalue weighted by Gasteiger charge is -2.23. The third-order valence-corrected chi connectivity index (χ3v) is 7.77. The largest absolute Gasteiger partial charge is 0.494 e. The molecular formula is C23H20BrN5O5S. The molecule has 0 bridgehead atoms. The number of sulfonamides is 1. The van der Waals surface area contributed by atoms with Crippen molar-refractivity contribution < 1.29 is 22.6 Å². The van der Waals surface area contributed by atoms with Crippen molar-refractivity contribution in [1.82, 2.24) is 24.5 Å². The summed E-state index contributed by atoms with van der Waals surface area (Å²) in [6.45, 7) is 0.445. The van der Waals surface area contributed by atoms with Gasteiger partial charge in [-0.2, -0.15) is 8.99 Å². The Morgan fingerprint density at radius 3 is 2.49 bits per heavy atom. The first-order valence-electron chi connectivity index (χ1n) is 10.5. The second kappa shape index (κ2) is 9.64. The number of rotatable bonds is 8. The monoisotopic (exact) mass is 557 g/mol. The molecule has 0 unspecified atom stereocenters. The van der Waals surface area contributed by atoms with E-state index in [0.29, 0.717) is 22.9 Å². The number of fused-ring (bicyclic) bond motifs is 1. The van der Waals surface area contributed by atoms with Gasteiger partial charge in [-0.15, -0.1) is 5.10 Å². The van der Waals surface area contributed by atoms with Crippen LogP contribution in [0.5, 0.6) is 17.2 Å². The summed E-state index contributed by atoms with van der Waals surface area (Å²) in [6.07, 6.45) is 1.41. The van der Waals surface area contributed by atoms with Crippen molar-refractivity contribution >= 4 is 26.0 Å². The molecule has 0 N–H and O–H groups in total. The fourth-order valence-corrected chi connectivity index (χ4v) is 5.39. The zero-order chi connectivity index (χ0) is 24.4. The molecule has 5 rings (SSSR count). The van der Waals surface area contributed by atoms with E-state index in [9.17, 15) is 8.42 Å². The van der Waals surface area contributed by atoms with Crippen LogP contribution in [0.4, 0.5) is 0 Å². The predicted molar refractivity (Wildman–Crippen MR) is 129 cm³/mol. The van der Waals surface area contributed by atoms with Crippen molar-refractivity contribution in [3.63, 3.8) is 0 Å². The summed E-state index contributed by atoms with van der Waals surface area (Å²) in [7, 11) is -2.47. The topological polar surface area (TPSA) is 109 Å². The van der Waals surface area contributed by atoms with Crippen LogP contribution in [0, 0.1) is 0 Å². The van der Waals surface area contributed by atoms with Gasteiger partial charge in [0.05, 0.1) is 12.0 Å². The molecule has 0 radical (unpaired) electrons. The molecule has 0 spiro atoms.